The molecule has 0 bridgehead atoms. The highest BCUT2D eigenvalue weighted by atomic mass is 16.5. The summed E-state index contributed by atoms with van der Waals surface area (Å²) in [5, 5.41) is 5.98. The van der Waals surface area contributed by atoms with Gasteiger partial charge >= 0.3 is 0 Å². The number of hydrogen-bond donors (Lipinski definition) is 1. The van der Waals surface area contributed by atoms with Crippen LogP contribution in [0.25, 0.3) is 27.5 Å². The first kappa shape index (κ1) is 16.4. The van der Waals surface area contributed by atoms with Crippen LogP contribution in [0.4, 0.5) is 11.4 Å². The van der Waals surface area contributed by atoms with Crippen LogP contribution in [0, 0.1) is 0 Å². The van der Waals surface area contributed by atoms with E-state index in [9.17, 15) is 0 Å². The van der Waals surface area contributed by atoms with Gasteiger partial charge in [-0.2, -0.15) is 0 Å². The molecule has 0 aliphatic carbocycles. The minimum absolute atomic E-state index is 0.839. The molecule has 1 N–H and O–H groups in total. The molecule has 0 saturated carbocycles. The zero-order valence-electron chi connectivity index (χ0n) is 15.5. The molecule has 1 aromatic heterocycles. The highest BCUT2D eigenvalue weighted by Gasteiger charge is 2.10. The number of imidazole rings is 1. The second-order valence-electron chi connectivity index (χ2n) is 6.64. The zero-order valence-corrected chi connectivity index (χ0v) is 15.5. The van der Waals surface area contributed by atoms with Crippen molar-refractivity contribution in [1.82, 2.24) is 9.55 Å². The maximum Gasteiger partial charge on any atom is 0.119 e. The maximum atomic E-state index is 5.26. The minimum Gasteiger partial charge on any atom is -0.497 e. The van der Waals surface area contributed by atoms with Gasteiger partial charge in [-0.15, -0.1) is 0 Å². The molecule has 1 heterocycles. The van der Waals surface area contributed by atoms with E-state index < -0.39 is 0 Å². The van der Waals surface area contributed by atoms with Gasteiger partial charge in [-0.25, -0.2) is 4.98 Å². The molecule has 28 heavy (non-hydrogen) atoms. The Hall–Kier alpha value is -3.79. The number of aromatic nitrogens is 2. The zero-order chi connectivity index (χ0) is 18.9. The van der Waals surface area contributed by atoms with E-state index in [0.717, 1.165) is 33.8 Å². The number of nitrogens with zero attached hydrogens (tertiary/aromatic N) is 2. The van der Waals surface area contributed by atoms with Crippen LogP contribution in [0.1, 0.15) is 0 Å². The fraction of sp³-hybridized carbons (Fsp3) is 0.0417. The number of rotatable bonds is 4. The number of ether oxygens (including phenoxy) is 1. The van der Waals surface area contributed by atoms with E-state index in [-0.39, 0.29) is 0 Å². The van der Waals surface area contributed by atoms with Crippen molar-refractivity contribution in [2.24, 2.45) is 0 Å². The number of fused-ring (bicyclic) bond motifs is 2. The van der Waals surface area contributed by atoms with E-state index in [1.165, 1.54) is 10.8 Å². The molecule has 136 valence electrons. The van der Waals surface area contributed by atoms with E-state index in [0.29, 0.717) is 0 Å². The Balaban J connectivity index is 1.58. The summed E-state index contributed by atoms with van der Waals surface area (Å²) in [4.78, 5) is 4.68. The molecule has 0 unspecified atom stereocenters. The van der Waals surface area contributed by atoms with Gasteiger partial charge in [-0.3, -0.25) is 4.57 Å². The summed E-state index contributed by atoms with van der Waals surface area (Å²) in [5.41, 5.74) is 5.10. The minimum atomic E-state index is 0.839. The number of methoxy groups -OCH3 is 1. The molecule has 0 radical (unpaired) electrons. The summed E-state index contributed by atoms with van der Waals surface area (Å²) in [6, 6.07) is 28.9. The first-order chi connectivity index (χ1) is 13.8. The normalized spacial score (nSPS) is 11.0. The number of benzene rings is 4. The standard InChI is InChI=1S/C24H19N3O/c1-28-19-14-12-18(13-15-19)27-16-25-24-22(10-5-11-23(24)27)26-21-9-4-7-17-6-2-3-8-20(17)21/h2-16,26H,1H3. The van der Waals surface area contributed by atoms with Crippen LogP contribution in [-0.4, -0.2) is 16.7 Å². The molecule has 0 atom stereocenters. The lowest BCUT2D eigenvalue weighted by molar-refractivity contribution is 0.415. The topological polar surface area (TPSA) is 39.1 Å². The predicted octanol–water partition coefficient (Wildman–Crippen LogP) is 5.93. The van der Waals surface area contributed by atoms with Crippen LogP contribution in [0.5, 0.6) is 5.75 Å². The van der Waals surface area contributed by atoms with Crippen molar-refractivity contribution >= 4 is 33.2 Å². The number of para-hydroxylation sites is 1. The van der Waals surface area contributed by atoms with Gasteiger partial charge in [0.25, 0.3) is 0 Å². The van der Waals surface area contributed by atoms with Gasteiger partial charge in [0.05, 0.1) is 18.3 Å². The number of nitrogens with one attached hydrogen (secondary N) is 1. The SMILES string of the molecule is COc1ccc(-n2cnc3c(Nc4cccc5ccccc45)cccc32)cc1. The van der Waals surface area contributed by atoms with E-state index in [2.05, 4.69) is 75.5 Å². The van der Waals surface area contributed by atoms with Crippen LogP contribution in [-0.2, 0) is 0 Å². The van der Waals surface area contributed by atoms with Crippen molar-refractivity contribution in [2.45, 2.75) is 0 Å². The lowest BCUT2D eigenvalue weighted by Crippen LogP contribution is -1.94. The summed E-state index contributed by atoms with van der Waals surface area (Å²) in [6.07, 6.45) is 1.86. The van der Waals surface area contributed by atoms with Crippen LogP contribution in [0.3, 0.4) is 0 Å². The summed E-state index contributed by atoms with van der Waals surface area (Å²) < 4.78 is 7.35. The second kappa shape index (κ2) is 6.74. The number of hydrogen-bond acceptors (Lipinski definition) is 3. The van der Waals surface area contributed by atoms with Gasteiger partial charge in [0.15, 0.2) is 0 Å². The highest BCUT2D eigenvalue weighted by Crippen LogP contribution is 2.31. The Morgan fingerprint density at radius 2 is 1.54 bits per heavy atom. The van der Waals surface area contributed by atoms with Gasteiger partial charge in [0.2, 0.25) is 0 Å². The van der Waals surface area contributed by atoms with E-state index in [1.807, 2.05) is 30.6 Å². The average molecular weight is 365 g/mol. The van der Waals surface area contributed by atoms with Crippen molar-refractivity contribution in [2.75, 3.05) is 12.4 Å². The van der Waals surface area contributed by atoms with Gasteiger partial charge in [-0.05, 0) is 47.9 Å². The smallest absolute Gasteiger partial charge is 0.119 e. The van der Waals surface area contributed by atoms with E-state index in [1.54, 1.807) is 7.11 Å². The molecule has 0 aliphatic heterocycles. The first-order valence-corrected chi connectivity index (χ1v) is 9.19. The molecule has 4 aromatic carbocycles. The molecule has 0 fully saturated rings. The summed E-state index contributed by atoms with van der Waals surface area (Å²) >= 11 is 0. The van der Waals surface area contributed by atoms with Crippen LogP contribution >= 0.6 is 0 Å². The lowest BCUT2D eigenvalue weighted by atomic mass is 10.1. The van der Waals surface area contributed by atoms with Gasteiger partial charge in [-0.1, -0.05) is 42.5 Å². The molecule has 0 spiro atoms. The highest BCUT2D eigenvalue weighted by molar-refractivity contribution is 5.99. The molecule has 4 heteroatoms. The fourth-order valence-corrected chi connectivity index (χ4v) is 3.57. The lowest BCUT2D eigenvalue weighted by Gasteiger charge is -2.11. The van der Waals surface area contributed by atoms with Crippen molar-refractivity contribution in [1.29, 1.82) is 0 Å². The molecule has 0 saturated heterocycles. The Labute approximate surface area is 163 Å². The van der Waals surface area contributed by atoms with Crippen molar-refractivity contribution in [3.8, 4) is 11.4 Å². The van der Waals surface area contributed by atoms with Crippen LogP contribution in [0.15, 0.2) is 91.3 Å². The Morgan fingerprint density at radius 3 is 2.39 bits per heavy atom. The quantitative estimate of drug-likeness (QED) is 0.429. The molecule has 4 nitrogen and oxygen atoms in total. The maximum absolute atomic E-state index is 5.26. The third-order valence-corrected chi connectivity index (χ3v) is 4.99. The number of anilines is 2. The molecule has 5 rings (SSSR count). The molecular weight excluding hydrogens is 346 g/mol. The predicted molar refractivity (Wildman–Crippen MR) is 115 cm³/mol. The van der Waals surface area contributed by atoms with Crippen LogP contribution in [0.2, 0.25) is 0 Å². The third kappa shape index (κ3) is 2.76. The van der Waals surface area contributed by atoms with Gasteiger partial charge in [0.1, 0.15) is 17.6 Å². The third-order valence-electron chi connectivity index (χ3n) is 4.99. The van der Waals surface area contributed by atoms with Crippen molar-refractivity contribution in [3.05, 3.63) is 91.3 Å². The largest absolute Gasteiger partial charge is 0.497 e. The Kier molecular flexibility index (Phi) is 3.95. The average Bonchev–Trinajstić information content (AvgIpc) is 3.19. The van der Waals surface area contributed by atoms with Crippen molar-refractivity contribution < 1.29 is 4.74 Å². The molecule has 0 aliphatic rings. The van der Waals surface area contributed by atoms with Gasteiger partial charge < -0.3 is 10.1 Å². The second-order valence-corrected chi connectivity index (χ2v) is 6.64. The van der Waals surface area contributed by atoms with E-state index >= 15 is 0 Å². The summed E-state index contributed by atoms with van der Waals surface area (Å²) in [7, 11) is 1.67. The fourth-order valence-electron chi connectivity index (χ4n) is 3.57. The molecular formula is C24H19N3O. The van der Waals surface area contributed by atoms with Crippen LogP contribution < -0.4 is 10.1 Å². The van der Waals surface area contributed by atoms with E-state index in [4.69, 9.17) is 4.74 Å². The van der Waals surface area contributed by atoms with Gasteiger partial charge in [0, 0.05) is 16.8 Å². The summed E-state index contributed by atoms with van der Waals surface area (Å²) in [6.45, 7) is 0. The Bertz CT molecular complexity index is 1270. The first-order valence-electron chi connectivity index (χ1n) is 9.19. The van der Waals surface area contributed by atoms with Crippen molar-refractivity contribution in [3.63, 3.8) is 0 Å². The Morgan fingerprint density at radius 1 is 0.786 bits per heavy atom. The molecule has 0 amide bonds. The summed E-state index contributed by atoms with van der Waals surface area (Å²) in [5.74, 6) is 0.839. The molecule has 5 aromatic rings. The monoisotopic (exact) mass is 365 g/mol.